The lowest BCUT2D eigenvalue weighted by molar-refractivity contribution is 0.0941. The van der Waals surface area contributed by atoms with Crippen LogP contribution in [0.5, 0.6) is 0 Å². The van der Waals surface area contributed by atoms with E-state index in [4.69, 9.17) is 10.5 Å². The van der Waals surface area contributed by atoms with Gasteiger partial charge in [0.05, 0.1) is 5.56 Å². The normalized spacial score (nSPS) is 10.4. The molecule has 19 heavy (non-hydrogen) atoms. The summed E-state index contributed by atoms with van der Waals surface area (Å²) >= 11 is 0. The molecule has 0 unspecified atom stereocenters. The summed E-state index contributed by atoms with van der Waals surface area (Å²) in [5.74, 6) is -0.119. The molecule has 0 spiro atoms. The molecule has 1 aromatic rings. The average molecular weight is 264 g/mol. The Labute approximate surface area is 115 Å². The largest absolute Gasteiger partial charge is 0.398 e. The van der Waals surface area contributed by atoms with Crippen molar-refractivity contribution in [1.29, 1.82) is 0 Å². The van der Waals surface area contributed by atoms with Crippen LogP contribution in [0, 0.1) is 6.92 Å². The molecule has 4 nitrogen and oxygen atoms in total. The Hall–Kier alpha value is -1.55. The van der Waals surface area contributed by atoms with E-state index >= 15 is 0 Å². The number of hydrogen-bond donors (Lipinski definition) is 2. The maximum absolute atomic E-state index is 11.9. The number of ether oxygens (including phenoxy) is 1. The van der Waals surface area contributed by atoms with Crippen molar-refractivity contribution >= 4 is 11.6 Å². The molecule has 0 saturated carbocycles. The first-order valence-electron chi connectivity index (χ1n) is 6.87. The van der Waals surface area contributed by atoms with Gasteiger partial charge in [0.15, 0.2) is 0 Å². The smallest absolute Gasteiger partial charge is 0.253 e. The fourth-order valence-corrected chi connectivity index (χ4v) is 1.71. The Balaban J connectivity index is 2.24. The van der Waals surface area contributed by atoms with E-state index in [1.54, 1.807) is 6.07 Å². The van der Waals surface area contributed by atoms with Crippen LogP contribution in [0.4, 0.5) is 5.69 Å². The van der Waals surface area contributed by atoms with Gasteiger partial charge in [0.25, 0.3) is 5.91 Å². The Morgan fingerprint density at radius 2 is 2.05 bits per heavy atom. The molecule has 0 aromatic heterocycles. The third kappa shape index (κ3) is 5.75. The number of carbonyl (C=O) groups excluding carboxylic acids is 1. The Kier molecular flexibility index (Phi) is 6.97. The third-order valence-electron chi connectivity index (χ3n) is 2.84. The van der Waals surface area contributed by atoms with E-state index in [0.29, 0.717) is 24.4 Å². The fourth-order valence-electron chi connectivity index (χ4n) is 1.71. The number of hydrogen-bond acceptors (Lipinski definition) is 3. The van der Waals surface area contributed by atoms with E-state index < -0.39 is 0 Å². The Morgan fingerprint density at radius 1 is 1.32 bits per heavy atom. The van der Waals surface area contributed by atoms with Crippen molar-refractivity contribution in [3.63, 3.8) is 0 Å². The lowest BCUT2D eigenvalue weighted by Crippen LogP contribution is -2.26. The molecular weight excluding hydrogens is 240 g/mol. The fraction of sp³-hybridized carbons (Fsp3) is 0.533. The van der Waals surface area contributed by atoms with E-state index in [9.17, 15) is 4.79 Å². The number of aryl methyl sites for hydroxylation is 1. The lowest BCUT2D eigenvalue weighted by atomic mass is 10.1. The van der Waals surface area contributed by atoms with Crippen molar-refractivity contribution in [2.75, 3.05) is 25.5 Å². The van der Waals surface area contributed by atoms with Crippen LogP contribution in [0.2, 0.25) is 0 Å². The molecule has 3 N–H and O–H groups in total. The summed E-state index contributed by atoms with van der Waals surface area (Å²) < 4.78 is 5.43. The van der Waals surface area contributed by atoms with Crippen LogP contribution in [0.25, 0.3) is 0 Å². The first-order chi connectivity index (χ1) is 9.15. The molecule has 0 saturated heterocycles. The summed E-state index contributed by atoms with van der Waals surface area (Å²) in [6.45, 7) is 6.18. The SMILES string of the molecule is CCCCOCCCNC(=O)c1ccc(C)cc1N. The van der Waals surface area contributed by atoms with Gasteiger partial charge in [-0.2, -0.15) is 0 Å². The zero-order chi connectivity index (χ0) is 14.1. The van der Waals surface area contributed by atoms with E-state index in [1.807, 2.05) is 19.1 Å². The van der Waals surface area contributed by atoms with Crippen molar-refractivity contribution < 1.29 is 9.53 Å². The quantitative estimate of drug-likeness (QED) is 0.560. The van der Waals surface area contributed by atoms with E-state index in [2.05, 4.69) is 12.2 Å². The summed E-state index contributed by atoms with van der Waals surface area (Å²) in [4.78, 5) is 11.9. The number of carbonyl (C=O) groups is 1. The number of nitrogens with one attached hydrogen (secondary N) is 1. The molecule has 0 heterocycles. The van der Waals surface area contributed by atoms with Gasteiger partial charge in [-0.25, -0.2) is 0 Å². The average Bonchev–Trinajstić information content (AvgIpc) is 2.37. The highest BCUT2D eigenvalue weighted by atomic mass is 16.5. The highest BCUT2D eigenvalue weighted by Crippen LogP contribution is 2.13. The summed E-state index contributed by atoms with van der Waals surface area (Å²) in [5, 5.41) is 2.85. The predicted octanol–water partition coefficient (Wildman–Crippen LogP) is 2.51. The monoisotopic (exact) mass is 264 g/mol. The third-order valence-corrected chi connectivity index (χ3v) is 2.84. The second kappa shape index (κ2) is 8.53. The van der Waals surface area contributed by atoms with Crippen LogP contribution in [0.1, 0.15) is 42.1 Å². The second-order valence-corrected chi connectivity index (χ2v) is 4.67. The molecule has 0 fully saturated rings. The van der Waals surface area contributed by atoms with Crippen molar-refractivity contribution in [3.8, 4) is 0 Å². The van der Waals surface area contributed by atoms with E-state index in [1.165, 1.54) is 0 Å². The van der Waals surface area contributed by atoms with Crippen molar-refractivity contribution in [1.82, 2.24) is 5.32 Å². The number of anilines is 1. The van der Waals surface area contributed by atoms with Gasteiger partial charge >= 0.3 is 0 Å². The van der Waals surface area contributed by atoms with Crippen molar-refractivity contribution in [3.05, 3.63) is 29.3 Å². The van der Waals surface area contributed by atoms with Gasteiger partial charge in [0.1, 0.15) is 0 Å². The molecule has 4 heteroatoms. The summed E-state index contributed by atoms with van der Waals surface area (Å²) in [6.07, 6.45) is 3.05. The standard InChI is InChI=1S/C15H24N2O2/c1-3-4-9-19-10-5-8-17-15(18)13-7-6-12(2)11-14(13)16/h6-7,11H,3-5,8-10,16H2,1-2H3,(H,17,18). The van der Waals surface area contributed by atoms with Crippen molar-refractivity contribution in [2.24, 2.45) is 0 Å². The van der Waals surface area contributed by atoms with Crippen LogP contribution in [-0.4, -0.2) is 25.7 Å². The van der Waals surface area contributed by atoms with Gasteiger partial charge in [-0.3, -0.25) is 4.79 Å². The topological polar surface area (TPSA) is 64.3 Å². The number of rotatable bonds is 8. The first-order valence-corrected chi connectivity index (χ1v) is 6.87. The molecule has 0 atom stereocenters. The van der Waals surface area contributed by atoms with Crippen molar-refractivity contribution in [2.45, 2.75) is 33.1 Å². The predicted molar refractivity (Wildman–Crippen MR) is 78.3 cm³/mol. The highest BCUT2D eigenvalue weighted by molar-refractivity contribution is 5.99. The molecule has 0 aliphatic rings. The number of benzene rings is 1. The second-order valence-electron chi connectivity index (χ2n) is 4.67. The van der Waals surface area contributed by atoms with Gasteiger partial charge in [-0.1, -0.05) is 19.4 Å². The maximum atomic E-state index is 11.9. The van der Waals surface area contributed by atoms with Gasteiger partial charge in [0, 0.05) is 25.4 Å². The van der Waals surface area contributed by atoms with Crippen LogP contribution in [0.3, 0.4) is 0 Å². The molecule has 0 aliphatic carbocycles. The van der Waals surface area contributed by atoms with Crippen LogP contribution in [-0.2, 0) is 4.74 Å². The molecule has 1 amide bonds. The maximum Gasteiger partial charge on any atom is 0.253 e. The Morgan fingerprint density at radius 3 is 2.74 bits per heavy atom. The lowest BCUT2D eigenvalue weighted by Gasteiger charge is -2.08. The summed E-state index contributed by atoms with van der Waals surface area (Å²) in [5.41, 5.74) is 7.94. The summed E-state index contributed by atoms with van der Waals surface area (Å²) in [7, 11) is 0. The molecular formula is C15H24N2O2. The van der Waals surface area contributed by atoms with Gasteiger partial charge in [-0.15, -0.1) is 0 Å². The highest BCUT2D eigenvalue weighted by Gasteiger charge is 2.08. The molecule has 1 aromatic carbocycles. The molecule has 1 rings (SSSR count). The Bertz CT molecular complexity index is 405. The number of nitrogen functional groups attached to an aromatic ring is 1. The first kappa shape index (κ1) is 15.5. The number of amides is 1. The number of nitrogens with two attached hydrogens (primary N) is 1. The van der Waals surface area contributed by atoms with Gasteiger partial charge in [-0.05, 0) is 37.5 Å². The van der Waals surface area contributed by atoms with E-state index in [-0.39, 0.29) is 5.91 Å². The summed E-state index contributed by atoms with van der Waals surface area (Å²) in [6, 6.07) is 5.46. The van der Waals surface area contributed by atoms with Crippen LogP contribution >= 0.6 is 0 Å². The number of unbranched alkanes of at least 4 members (excludes halogenated alkanes) is 1. The molecule has 106 valence electrons. The van der Waals surface area contributed by atoms with Gasteiger partial charge < -0.3 is 15.8 Å². The molecule has 0 radical (unpaired) electrons. The molecule has 0 bridgehead atoms. The molecule has 0 aliphatic heterocycles. The minimum atomic E-state index is -0.119. The van der Waals surface area contributed by atoms with E-state index in [0.717, 1.165) is 31.4 Å². The minimum Gasteiger partial charge on any atom is -0.398 e. The van der Waals surface area contributed by atoms with Gasteiger partial charge in [0.2, 0.25) is 0 Å². The zero-order valence-corrected chi connectivity index (χ0v) is 11.9. The zero-order valence-electron chi connectivity index (χ0n) is 11.9. The van der Waals surface area contributed by atoms with Crippen LogP contribution in [0.15, 0.2) is 18.2 Å². The van der Waals surface area contributed by atoms with Crippen LogP contribution < -0.4 is 11.1 Å². The minimum absolute atomic E-state index is 0.119.